The first-order valence-electron chi connectivity index (χ1n) is 4.68. The van der Waals surface area contributed by atoms with Crippen molar-refractivity contribution < 1.29 is 0 Å². The zero-order chi connectivity index (χ0) is 9.54. The zero-order valence-corrected chi connectivity index (χ0v) is 7.91. The molecule has 1 N–H and O–H groups in total. The summed E-state index contributed by atoms with van der Waals surface area (Å²) in [4.78, 5) is 7.66. The minimum Gasteiger partial charge on any atom is -0.353 e. The second-order valence-electron chi connectivity index (χ2n) is 3.49. The Labute approximate surface area is 81.6 Å². The summed E-state index contributed by atoms with van der Waals surface area (Å²) in [6, 6.07) is 10.4. The lowest BCUT2D eigenvalue weighted by Gasteiger charge is -1.92. The van der Waals surface area contributed by atoms with Crippen molar-refractivity contribution in [2.75, 3.05) is 0 Å². The summed E-state index contributed by atoms with van der Waals surface area (Å²) < 4.78 is 0. The average molecular weight is 185 g/mol. The maximum atomic E-state index is 4.27. The van der Waals surface area contributed by atoms with Crippen molar-refractivity contribution in [3.63, 3.8) is 0 Å². The van der Waals surface area contributed by atoms with Crippen LogP contribution in [0.15, 0.2) is 36.5 Å². The minimum absolute atomic E-state index is 1.05. The number of aromatic nitrogens is 2. The lowest BCUT2D eigenvalue weighted by atomic mass is 10.2. The summed E-state index contributed by atoms with van der Waals surface area (Å²) in [6.07, 6.45) is 1.86. The average Bonchev–Trinajstić information content (AvgIpc) is 2.59. The van der Waals surface area contributed by atoms with Crippen LogP contribution in [-0.4, -0.2) is 9.97 Å². The predicted molar refractivity (Wildman–Crippen MR) is 58.3 cm³/mol. The Kier molecular flexibility index (Phi) is 1.39. The van der Waals surface area contributed by atoms with Crippen LogP contribution in [-0.2, 0) is 0 Å². The second-order valence-corrected chi connectivity index (χ2v) is 3.49. The van der Waals surface area contributed by atoms with Gasteiger partial charge in [0.05, 0.1) is 11.2 Å². The van der Waals surface area contributed by atoms with Crippen molar-refractivity contribution in [2.24, 2.45) is 0 Å². The molecule has 0 aliphatic rings. The van der Waals surface area contributed by atoms with Gasteiger partial charge < -0.3 is 4.98 Å². The van der Waals surface area contributed by atoms with E-state index in [4.69, 9.17) is 0 Å². The Morgan fingerprint density at radius 2 is 1.93 bits per heavy atom. The van der Waals surface area contributed by atoms with Gasteiger partial charge in [-0.2, -0.15) is 0 Å². The van der Waals surface area contributed by atoms with Crippen molar-refractivity contribution in [2.45, 2.75) is 6.92 Å². The van der Waals surface area contributed by atoms with Crippen molar-refractivity contribution >= 4 is 21.8 Å². The standard InChI is InChI=1S/C12H10N2/c1-8-12-10(6-7-13-8)9-4-2-3-5-11(9)14-12/h2-7,14H,1H3/i8+1,12+1,14+1. The van der Waals surface area contributed by atoms with E-state index in [2.05, 4.69) is 34.2 Å². The normalized spacial score (nSPS) is 11.2. The van der Waals surface area contributed by atoms with E-state index in [0.29, 0.717) is 0 Å². The highest BCUT2D eigenvalue weighted by Gasteiger charge is 2.04. The molecule has 0 aliphatic carbocycles. The van der Waals surface area contributed by atoms with Crippen LogP contribution in [0, 0.1) is 6.92 Å². The summed E-state index contributed by atoms with van der Waals surface area (Å²) in [6.45, 7) is 2.03. The van der Waals surface area contributed by atoms with Gasteiger partial charge >= 0.3 is 0 Å². The first-order valence-corrected chi connectivity index (χ1v) is 4.68. The van der Waals surface area contributed by atoms with Crippen LogP contribution in [0.5, 0.6) is 0 Å². The van der Waals surface area contributed by atoms with Gasteiger partial charge in [0.25, 0.3) is 0 Å². The van der Waals surface area contributed by atoms with Gasteiger partial charge in [0.1, 0.15) is 0 Å². The molecule has 0 unspecified atom stereocenters. The highest BCUT2D eigenvalue weighted by Crippen LogP contribution is 2.25. The number of pyridine rings is 1. The minimum atomic E-state index is 1.05. The number of aryl methyl sites for hydroxylation is 1. The first kappa shape index (κ1) is 7.56. The molecule has 1 aromatic carbocycles. The van der Waals surface area contributed by atoms with E-state index in [-0.39, 0.29) is 0 Å². The molecule has 68 valence electrons. The number of para-hydroxylation sites is 1. The van der Waals surface area contributed by atoms with Gasteiger partial charge in [-0.05, 0) is 19.1 Å². The highest BCUT2D eigenvalue weighted by molar-refractivity contribution is 6.07. The molecule has 3 rings (SSSR count). The molecule has 0 bridgehead atoms. The Morgan fingerprint density at radius 1 is 1.07 bits per heavy atom. The van der Waals surface area contributed by atoms with E-state index in [9.17, 15) is 0 Å². The fourth-order valence-corrected chi connectivity index (χ4v) is 1.91. The third kappa shape index (κ3) is 0.880. The third-order valence-corrected chi connectivity index (χ3v) is 2.62. The Balaban J connectivity index is 2.63. The van der Waals surface area contributed by atoms with E-state index >= 15 is 0 Å². The van der Waals surface area contributed by atoms with E-state index in [1.807, 2.05) is 19.2 Å². The lowest BCUT2D eigenvalue weighted by molar-refractivity contribution is 1.22. The van der Waals surface area contributed by atoms with E-state index < -0.39 is 0 Å². The fourth-order valence-electron chi connectivity index (χ4n) is 1.91. The first-order chi connectivity index (χ1) is 6.86. The van der Waals surface area contributed by atoms with Crippen molar-refractivity contribution in [3.05, 3.63) is 42.2 Å². The lowest BCUT2D eigenvalue weighted by Crippen LogP contribution is -1.79. The van der Waals surface area contributed by atoms with Crippen molar-refractivity contribution in [3.8, 4) is 0 Å². The molecular weight excluding hydrogens is 175 g/mol. The number of hydrogen-bond donors (Lipinski definition) is 1. The number of H-pyrrole nitrogens is 1. The summed E-state index contributed by atoms with van der Waals surface area (Å²) in [5.74, 6) is 0. The highest BCUT2D eigenvalue weighted by atomic mass is 15.6. The molecule has 3 aromatic rings. The molecule has 0 radical (unpaired) electrons. The van der Waals surface area contributed by atoms with Crippen LogP contribution in [0.4, 0.5) is 0 Å². The number of nitrogens with zero attached hydrogens (tertiary/aromatic N) is 1. The van der Waals surface area contributed by atoms with Gasteiger partial charge in [0, 0.05) is 22.5 Å². The van der Waals surface area contributed by atoms with Gasteiger partial charge in [0.15, 0.2) is 0 Å². The van der Waals surface area contributed by atoms with Crippen molar-refractivity contribution in [1.82, 2.24) is 9.97 Å². The molecule has 0 spiro atoms. The number of nitrogens with one attached hydrogen (secondary N) is 1. The molecule has 0 atom stereocenters. The molecule has 2 heterocycles. The molecule has 0 aliphatic heterocycles. The monoisotopic (exact) mass is 185 g/mol. The van der Waals surface area contributed by atoms with E-state index in [1.165, 1.54) is 16.3 Å². The van der Waals surface area contributed by atoms with Crippen LogP contribution in [0.1, 0.15) is 5.69 Å². The van der Waals surface area contributed by atoms with Gasteiger partial charge in [-0.25, -0.2) is 0 Å². The number of fused-ring (bicyclic) bond motifs is 3. The molecule has 0 saturated carbocycles. The van der Waals surface area contributed by atoms with Crippen molar-refractivity contribution in [1.29, 1.82) is 0 Å². The molecule has 14 heavy (non-hydrogen) atoms. The number of rotatable bonds is 0. The quantitative estimate of drug-likeness (QED) is 0.573. The van der Waals surface area contributed by atoms with Gasteiger partial charge in [-0.15, -0.1) is 0 Å². The van der Waals surface area contributed by atoms with E-state index in [0.717, 1.165) is 11.2 Å². The summed E-state index contributed by atoms with van der Waals surface area (Å²) in [5, 5.41) is 2.53. The Morgan fingerprint density at radius 3 is 2.86 bits per heavy atom. The molecule has 2 nitrogen and oxygen atoms in total. The number of aromatic amines is 1. The van der Waals surface area contributed by atoms with Crippen LogP contribution < -0.4 is 0 Å². The zero-order valence-electron chi connectivity index (χ0n) is 7.91. The largest absolute Gasteiger partial charge is 0.353 e. The fraction of sp³-hybridized carbons (Fsp3) is 0.0833. The van der Waals surface area contributed by atoms with Crippen LogP contribution in [0.3, 0.4) is 0 Å². The maximum absolute atomic E-state index is 4.27. The van der Waals surface area contributed by atoms with Crippen LogP contribution in [0.2, 0.25) is 0 Å². The number of benzene rings is 1. The molecule has 2 aromatic heterocycles. The van der Waals surface area contributed by atoms with Gasteiger partial charge in [0.2, 0.25) is 0 Å². The maximum Gasteiger partial charge on any atom is 0.0681 e. The summed E-state index contributed by atoms with van der Waals surface area (Å²) in [5.41, 5.74) is 3.38. The summed E-state index contributed by atoms with van der Waals surface area (Å²) in [7, 11) is 0. The predicted octanol–water partition coefficient (Wildman–Crippen LogP) is 3.02. The Bertz CT molecular complexity index is 608. The topological polar surface area (TPSA) is 28.7 Å². The van der Waals surface area contributed by atoms with E-state index in [1.54, 1.807) is 0 Å². The molecule has 0 amide bonds. The third-order valence-electron chi connectivity index (χ3n) is 2.62. The SMILES string of the molecule is C[13c]1nccc2c3ccccc3[15nH][13c]21. The Hall–Kier alpha value is -1.83. The van der Waals surface area contributed by atoms with Crippen LogP contribution in [0.25, 0.3) is 21.8 Å². The smallest absolute Gasteiger partial charge is 0.0681 e. The number of hydrogen-bond acceptors (Lipinski definition) is 1. The molecule has 0 fully saturated rings. The molecular formula is C12H10N2. The molecule has 0 saturated heterocycles. The second kappa shape index (κ2) is 2.58. The van der Waals surface area contributed by atoms with Crippen LogP contribution >= 0.6 is 0 Å². The summed E-state index contributed by atoms with van der Waals surface area (Å²) >= 11 is 0. The molecule has 2 heteroatoms. The van der Waals surface area contributed by atoms with Gasteiger partial charge in [-0.3, -0.25) is 4.98 Å². The van der Waals surface area contributed by atoms with Gasteiger partial charge in [-0.1, -0.05) is 18.2 Å².